The maximum atomic E-state index is 13.7. The van der Waals surface area contributed by atoms with E-state index in [1.54, 1.807) is 11.0 Å². The Balaban J connectivity index is 1.35. The van der Waals surface area contributed by atoms with Crippen molar-refractivity contribution in [1.29, 1.82) is 0 Å². The van der Waals surface area contributed by atoms with Gasteiger partial charge in [0.25, 0.3) is 10.0 Å². The van der Waals surface area contributed by atoms with E-state index in [1.165, 1.54) is 30.3 Å². The van der Waals surface area contributed by atoms with E-state index < -0.39 is 28.3 Å². The van der Waals surface area contributed by atoms with Gasteiger partial charge in [0, 0.05) is 31.3 Å². The number of nitrogens with zero attached hydrogens (tertiary/aromatic N) is 2. The SMILES string of the molecule is O=C(CN(c1ccc(F)cc1)S(=O)(=O)c1ccc2c(c1)OCCO2)NCc1cccc(N2CCCC2=O)c1. The Morgan fingerprint density at radius 1 is 1.00 bits per heavy atom. The molecule has 1 fully saturated rings. The van der Waals surface area contributed by atoms with Crippen LogP contribution in [0.2, 0.25) is 0 Å². The smallest absolute Gasteiger partial charge is 0.264 e. The lowest BCUT2D eigenvalue weighted by Crippen LogP contribution is -2.40. The van der Waals surface area contributed by atoms with E-state index in [9.17, 15) is 22.4 Å². The molecule has 0 spiro atoms. The molecule has 2 amide bonds. The van der Waals surface area contributed by atoms with E-state index in [-0.39, 0.29) is 35.4 Å². The van der Waals surface area contributed by atoms with Gasteiger partial charge in [0.05, 0.1) is 10.6 Å². The Kier molecular flexibility index (Phi) is 7.19. The van der Waals surface area contributed by atoms with Gasteiger partial charge in [-0.15, -0.1) is 0 Å². The number of sulfonamides is 1. The highest BCUT2D eigenvalue weighted by atomic mass is 32.2. The van der Waals surface area contributed by atoms with Crippen molar-refractivity contribution in [3.63, 3.8) is 0 Å². The molecular formula is C27H26FN3O6S. The molecular weight excluding hydrogens is 513 g/mol. The molecule has 0 saturated carbocycles. The van der Waals surface area contributed by atoms with Gasteiger partial charge in [-0.3, -0.25) is 13.9 Å². The lowest BCUT2D eigenvalue weighted by molar-refractivity contribution is -0.120. The lowest BCUT2D eigenvalue weighted by atomic mass is 10.2. The Morgan fingerprint density at radius 3 is 2.50 bits per heavy atom. The first-order valence-electron chi connectivity index (χ1n) is 12.2. The van der Waals surface area contributed by atoms with Crippen LogP contribution in [0.4, 0.5) is 15.8 Å². The molecule has 0 radical (unpaired) electrons. The maximum Gasteiger partial charge on any atom is 0.264 e. The van der Waals surface area contributed by atoms with Gasteiger partial charge < -0.3 is 19.7 Å². The normalized spacial score (nSPS) is 14.9. The van der Waals surface area contributed by atoms with Crippen molar-refractivity contribution >= 4 is 33.2 Å². The number of nitrogens with one attached hydrogen (secondary N) is 1. The van der Waals surface area contributed by atoms with Crippen LogP contribution in [0.3, 0.4) is 0 Å². The molecule has 11 heteroatoms. The number of ether oxygens (including phenoxy) is 2. The van der Waals surface area contributed by atoms with E-state index in [4.69, 9.17) is 9.47 Å². The van der Waals surface area contributed by atoms with E-state index >= 15 is 0 Å². The predicted octanol–water partition coefficient (Wildman–Crippen LogP) is 3.24. The van der Waals surface area contributed by atoms with Crippen molar-refractivity contribution in [2.24, 2.45) is 0 Å². The van der Waals surface area contributed by atoms with Crippen LogP contribution in [0.25, 0.3) is 0 Å². The van der Waals surface area contributed by atoms with Gasteiger partial charge >= 0.3 is 0 Å². The van der Waals surface area contributed by atoms with Crippen LogP contribution in [0.1, 0.15) is 18.4 Å². The number of halogens is 1. The van der Waals surface area contributed by atoms with Gasteiger partial charge in [0.1, 0.15) is 25.6 Å². The van der Waals surface area contributed by atoms with E-state index in [1.807, 2.05) is 18.2 Å². The van der Waals surface area contributed by atoms with Gasteiger partial charge in [-0.25, -0.2) is 12.8 Å². The highest BCUT2D eigenvalue weighted by molar-refractivity contribution is 7.92. The number of amides is 2. The summed E-state index contributed by atoms with van der Waals surface area (Å²) in [5.74, 6) is -0.314. The highest BCUT2D eigenvalue weighted by Crippen LogP contribution is 2.34. The molecule has 0 bridgehead atoms. The molecule has 2 aliphatic heterocycles. The van der Waals surface area contributed by atoms with Crippen LogP contribution in [-0.2, 0) is 26.2 Å². The number of benzene rings is 3. The molecule has 0 aromatic heterocycles. The summed E-state index contributed by atoms with van der Waals surface area (Å²) >= 11 is 0. The summed E-state index contributed by atoms with van der Waals surface area (Å²) in [6.07, 6.45) is 1.31. The quantitative estimate of drug-likeness (QED) is 0.471. The molecule has 9 nitrogen and oxygen atoms in total. The summed E-state index contributed by atoms with van der Waals surface area (Å²) in [7, 11) is -4.23. The summed E-state index contributed by atoms with van der Waals surface area (Å²) in [5, 5.41) is 2.75. The van der Waals surface area contributed by atoms with Crippen LogP contribution < -0.4 is 24.0 Å². The molecule has 3 aromatic rings. The first-order valence-corrected chi connectivity index (χ1v) is 13.6. The zero-order valence-electron chi connectivity index (χ0n) is 20.4. The minimum atomic E-state index is -4.23. The molecule has 0 aliphatic carbocycles. The average Bonchev–Trinajstić information content (AvgIpc) is 3.36. The van der Waals surface area contributed by atoms with Gasteiger partial charge in [-0.1, -0.05) is 12.1 Å². The average molecular weight is 540 g/mol. The molecule has 0 unspecified atom stereocenters. The number of anilines is 2. The van der Waals surface area contributed by atoms with Crippen molar-refractivity contribution in [3.8, 4) is 11.5 Å². The largest absolute Gasteiger partial charge is 0.486 e. The Hall–Kier alpha value is -4.12. The third kappa shape index (κ3) is 5.42. The summed E-state index contributed by atoms with van der Waals surface area (Å²) in [6, 6.07) is 16.4. The van der Waals surface area contributed by atoms with E-state index in [2.05, 4.69) is 5.32 Å². The third-order valence-electron chi connectivity index (χ3n) is 6.29. The zero-order valence-corrected chi connectivity index (χ0v) is 21.2. The van der Waals surface area contributed by atoms with Crippen LogP contribution >= 0.6 is 0 Å². The second-order valence-electron chi connectivity index (χ2n) is 8.89. The fraction of sp³-hybridized carbons (Fsp3) is 0.259. The van der Waals surface area contributed by atoms with Crippen molar-refractivity contribution in [3.05, 3.63) is 78.1 Å². The summed E-state index contributed by atoms with van der Waals surface area (Å²) in [4.78, 5) is 26.7. The Labute approximate surface area is 219 Å². The van der Waals surface area contributed by atoms with Crippen LogP contribution in [0.15, 0.2) is 71.6 Å². The molecule has 198 valence electrons. The zero-order chi connectivity index (χ0) is 26.7. The van der Waals surface area contributed by atoms with Crippen molar-refractivity contribution in [1.82, 2.24) is 5.32 Å². The van der Waals surface area contributed by atoms with Crippen LogP contribution in [0, 0.1) is 5.82 Å². The minimum absolute atomic E-state index is 0.0606. The fourth-order valence-corrected chi connectivity index (χ4v) is 5.81. The molecule has 5 rings (SSSR count). The Bertz CT molecular complexity index is 1460. The molecule has 2 heterocycles. The Morgan fingerprint density at radius 2 is 1.76 bits per heavy atom. The minimum Gasteiger partial charge on any atom is -0.486 e. The molecule has 1 saturated heterocycles. The van der Waals surface area contributed by atoms with Gasteiger partial charge in [0.15, 0.2) is 11.5 Å². The summed E-state index contributed by atoms with van der Waals surface area (Å²) in [5.41, 5.74) is 1.65. The summed E-state index contributed by atoms with van der Waals surface area (Å²) in [6.45, 7) is 0.896. The molecule has 3 aromatic carbocycles. The van der Waals surface area contributed by atoms with Crippen LogP contribution in [0.5, 0.6) is 11.5 Å². The number of fused-ring (bicyclic) bond motifs is 1. The first-order chi connectivity index (χ1) is 18.3. The highest BCUT2D eigenvalue weighted by Gasteiger charge is 2.29. The van der Waals surface area contributed by atoms with Gasteiger partial charge in [-0.05, 0) is 60.5 Å². The summed E-state index contributed by atoms with van der Waals surface area (Å²) < 4.78 is 52.8. The number of rotatable bonds is 8. The predicted molar refractivity (Wildman–Crippen MR) is 138 cm³/mol. The van der Waals surface area contributed by atoms with Crippen molar-refractivity contribution in [2.45, 2.75) is 24.3 Å². The standard InChI is InChI=1S/C27H26FN3O6S/c28-20-6-8-21(9-7-20)31(38(34,35)23-10-11-24-25(16-23)37-14-13-36-24)18-26(32)29-17-19-3-1-4-22(15-19)30-12-2-5-27(30)33/h1,3-4,6-11,15-16H,2,5,12-14,17-18H2,(H,29,32). The van der Waals surface area contributed by atoms with Gasteiger partial charge in [0.2, 0.25) is 11.8 Å². The second-order valence-corrected chi connectivity index (χ2v) is 10.8. The number of hydrogen-bond donors (Lipinski definition) is 1. The maximum absolute atomic E-state index is 13.7. The molecule has 0 atom stereocenters. The van der Waals surface area contributed by atoms with Crippen molar-refractivity contribution < 1.29 is 31.9 Å². The molecule has 38 heavy (non-hydrogen) atoms. The first kappa shape index (κ1) is 25.5. The van der Waals surface area contributed by atoms with Gasteiger partial charge in [-0.2, -0.15) is 0 Å². The third-order valence-corrected chi connectivity index (χ3v) is 8.06. The fourth-order valence-electron chi connectivity index (χ4n) is 4.38. The topological polar surface area (TPSA) is 105 Å². The molecule has 2 aliphatic rings. The van der Waals surface area contributed by atoms with Crippen molar-refractivity contribution in [2.75, 3.05) is 35.5 Å². The number of carbonyl (C=O) groups is 2. The van der Waals surface area contributed by atoms with Crippen LogP contribution in [-0.4, -0.2) is 46.5 Å². The van der Waals surface area contributed by atoms with E-state index in [0.717, 1.165) is 34.1 Å². The number of carbonyl (C=O) groups excluding carboxylic acids is 2. The second kappa shape index (κ2) is 10.7. The lowest BCUT2D eigenvalue weighted by Gasteiger charge is -2.25. The molecule has 1 N–H and O–H groups in total. The monoisotopic (exact) mass is 539 g/mol. The van der Waals surface area contributed by atoms with E-state index in [0.29, 0.717) is 25.3 Å². The number of hydrogen-bond acceptors (Lipinski definition) is 6.